The fraction of sp³-hybridized carbons (Fsp3) is 0.538. The lowest BCUT2D eigenvalue weighted by atomic mass is 10.1. The molecule has 0 aliphatic carbocycles. The number of fused-ring (bicyclic) bond motifs is 1. The number of halogens is 1. The maximum Gasteiger partial charge on any atom is 0.175 e. The minimum Gasteiger partial charge on any atom is -0.490 e. The van der Waals surface area contributed by atoms with Gasteiger partial charge in [0.15, 0.2) is 11.5 Å². The van der Waals surface area contributed by atoms with Crippen LogP contribution in [0.5, 0.6) is 11.5 Å². The zero-order valence-electron chi connectivity index (χ0n) is 10.4. The van der Waals surface area contributed by atoms with Gasteiger partial charge in [0.2, 0.25) is 0 Å². The first-order valence-electron chi connectivity index (χ1n) is 6.19. The van der Waals surface area contributed by atoms with Crippen molar-refractivity contribution in [3.8, 4) is 11.5 Å². The number of hydrogen-bond acceptors (Lipinski definition) is 4. The Morgan fingerprint density at radius 1 is 1.39 bits per heavy atom. The van der Waals surface area contributed by atoms with Crippen molar-refractivity contribution in [2.24, 2.45) is 0 Å². The molecule has 5 heteroatoms. The number of hydrogen-bond donors (Lipinski definition) is 2. The van der Waals surface area contributed by atoms with E-state index in [9.17, 15) is 5.11 Å². The van der Waals surface area contributed by atoms with Crippen LogP contribution in [0.15, 0.2) is 16.6 Å². The van der Waals surface area contributed by atoms with Crippen LogP contribution in [-0.2, 0) is 0 Å². The second-order valence-corrected chi connectivity index (χ2v) is 5.03. The lowest BCUT2D eigenvalue weighted by Gasteiger charge is -2.18. The van der Waals surface area contributed by atoms with Gasteiger partial charge in [-0.15, -0.1) is 0 Å². The van der Waals surface area contributed by atoms with Crippen molar-refractivity contribution in [3.05, 3.63) is 22.2 Å². The summed E-state index contributed by atoms with van der Waals surface area (Å²) in [5, 5.41) is 12.6. The van der Waals surface area contributed by atoms with Crippen molar-refractivity contribution < 1.29 is 14.6 Å². The number of aliphatic hydroxyl groups excluding tert-OH is 1. The zero-order chi connectivity index (χ0) is 13.0. The van der Waals surface area contributed by atoms with E-state index in [4.69, 9.17) is 9.47 Å². The van der Waals surface area contributed by atoms with E-state index in [0.717, 1.165) is 34.5 Å². The first-order chi connectivity index (χ1) is 8.76. The molecule has 1 aromatic rings. The van der Waals surface area contributed by atoms with E-state index >= 15 is 0 Å². The van der Waals surface area contributed by atoms with E-state index in [2.05, 4.69) is 21.2 Å². The molecule has 1 aromatic carbocycles. The number of ether oxygens (including phenoxy) is 2. The molecule has 0 saturated carbocycles. The molecule has 0 saturated heterocycles. The Hall–Kier alpha value is -0.780. The molecule has 1 unspecified atom stereocenters. The van der Waals surface area contributed by atoms with Gasteiger partial charge in [-0.2, -0.15) is 0 Å². The fourth-order valence-electron chi connectivity index (χ4n) is 1.99. The Labute approximate surface area is 115 Å². The molecular formula is C13H18BrNO3. The van der Waals surface area contributed by atoms with Crippen molar-refractivity contribution in [1.29, 1.82) is 0 Å². The minimum absolute atomic E-state index is 0.0555. The lowest BCUT2D eigenvalue weighted by molar-refractivity contribution is 0.245. The molecule has 1 aliphatic heterocycles. The standard InChI is InChI=1S/C13H18BrNO3/c1-2-15-11(8-16)9-6-10(14)13-12(7-9)17-4-3-5-18-13/h6-7,11,15-16H,2-5,8H2,1H3. The molecule has 0 spiro atoms. The average molecular weight is 316 g/mol. The van der Waals surface area contributed by atoms with Gasteiger partial charge < -0.3 is 19.9 Å². The van der Waals surface area contributed by atoms with Crippen molar-refractivity contribution >= 4 is 15.9 Å². The highest BCUT2D eigenvalue weighted by Gasteiger charge is 2.18. The maximum atomic E-state index is 9.41. The molecule has 0 amide bonds. The highest BCUT2D eigenvalue weighted by molar-refractivity contribution is 9.10. The molecule has 1 heterocycles. The molecule has 1 aliphatic rings. The van der Waals surface area contributed by atoms with E-state index in [0.29, 0.717) is 13.2 Å². The summed E-state index contributed by atoms with van der Waals surface area (Å²) in [7, 11) is 0. The predicted octanol–water partition coefficient (Wildman–Crippen LogP) is 2.25. The molecular weight excluding hydrogens is 298 g/mol. The third-order valence-corrected chi connectivity index (χ3v) is 3.45. The Balaban J connectivity index is 2.33. The summed E-state index contributed by atoms with van der Waals surface area (Å²) in [4.78, 5) is 0. The van der Waals surface area contributed by atoms with Crippen LogP contribution in [0.1, 0.15) is 24.9 Å². The van der Waals surface area contributed by atoms with E-state index in [1.54, 1.807) is 0 Å². The van der Waals surface area contributed by atoms with Crippen LogP contribution in [0.25, 0.3) is 0 Å². The molecule has 1 atom stereocenters. The highest BCUT2D eigenvalue weighted by atomic mass is 79.9. The van der Waals surface area contributed by atoms with Gasteiger partial charge in [0.25, 0.3) is 0 Å². The maximum absolute atomic E-state index is 9.41. The number of rotatable bonds is 4. The van der Waals surface area contributed by atoms with Crippen LogP contribution in [0, 0.1) is 0 Å². The zero-order valence-corrected chi connectivity index (χ0v) is 12.0. The smallest absolute Gasteiger partial charge is 0.175 e. The van der Waals surface area contributed by atoms with Crippen molar-refractivity contribution in [1.82, 2.24) is 5.32 Å². The third-order valence-electron chi connectivity index (χ3n) is 2.86. The molecule has 0 fully saturated rings. The van der Waals surface area contributed by atoms with Crippen LogP contribution >= 0.6 is 15.9 Å². The van der Waals surface area contributed by atoms with Gasteiger partial charge in [0.05, 0.1) is 30.3 Å². The molecule has 0 radical (unpaired) electrons. The van der Waals surface area contributed by atoms with Gasteiger partial charge in [-0.25, -0.2) is 0 Å². The number of nitrogens with one attached hydrogen (secondary N) is 1. The topological polar surface area (TPSA) is 50.7 Å². The molecule has 100 valence electrons. The Morgan fingerprint density at radius 2 is 2.17 bits per heavy atom. The molecule has 2 N–H and O–H groups in total. The largest absolute Gasteiger partial charge is 0.490 e. The van der Waals surface area contributed by atoms with Gasteiger partial charge in [0.1, 0.15) is 0 Å². The van der Waals surface area contributed by atoms with Gasteiger partial charge in [-0.05, 0) is 40.2 Å². The SMILES string of the molecule is CCNC(CO)c1cc(Br)c2c(c1)OCCCO2. The second kappa shape index (κ2) is 6.41. The first-order valence-corrected chi connectivity index (χ1v) is 6.98. The predicted molar refractivity (Wildman–Crippen MR) is 73.3 cm³/mol. The summed E-state index contributed by atoms with van der Waals surface area (Å²) in [6.07, 6.45) is 0.882. The quantitative estimate of drug-likeness (QED) is 0.895. The molecule has 0 aromatic heterocycles. The molecule has 4 nitrogen and oxygen atoms in total. The summed E-state index contributed by atoms with van der Waals surface area (Å²) in [6, 6.07) is 3.83. The lowest BCUT2D eigenvalue weighted by Crippen LogP contribution is -2.24. The van der Waals surface area contributed by atoms with Crippen LogP contribution in [0.4, 0.5) is 0 Å². The number of likely N-dealkylation sites (N-methyl/N-ethyl adjacent to an activating group) is 1. The van der Waals surface area contributed by atoms with Crippen LogP contribution in [0.2, 0.25) is 0 Å². The van der Waals surface area contributed by atoms with Crippen molar-refractivity contribution in [3.63, 3.8) is 0 Å². The third kappa shape index (κ3) is 2.96. The molecule has 18 heavy (non-hydrogen) atoms. The second-order valence-electron chi connectivity index (χ2n) is 4.17. The van der Waals surface area contributed by atoms with Crippen LogP contribution < -0.4 is 14.8 Å². The van der Waals surface area contributed by atoms with Crippen molar-refractivity contribution in [2.45, 2.75) is 19.4 Å². The monoisotopic (exact) mass is 315 g/mol. The molecule has 2 rings (SSSR count). The van der Waals surface area contributed by atoms with E-state index in [-0.39, 0.29) is 12.6 Å². The van der Waals surface area contributed by atoms with Gasteiger partial charge in [-0.3, -0.25) is 0 Å². The Kier molecular flexibility index (Phi) is 4.86. The summed E-state index contributed by atoms with van der Waals surface area (Å²) in [5.41, 5.74) is 0.996. The van der Waals surface area contributed by atoms with E-state index in [1.165, 1.54) is 0 Å². The van der Waals surface area contributed by atoms with E-state index in [1.807, 2.05) is 19.1 Å². The minimum atomic E-state index is -0.0801. The molecule has 0 bridgehead atoms. The van der Waals surface area contributed by atoms with Gasteiger partial charge in [0, 0.05) is 6.42 Å². The van der Waals surface area contributed by atoms with Gasteiger partial charge in [-0.1, -0.05) is 6.92 Å². The Morgan fingerprint density at radius 3 is 2.89 bits per heavy atom. The fourth-order valence-corrected chi connectivity index (χ4v) is 2.56. The summed E-state index contributed by atoms with van der Waals surface area (Å²) in [6.45, 7) is 4.20. The summed E-state index contributed by atoms with van der Waals surface area (Å²) in [5.74, 6) is 1.50. The summed E-state index contributed by atoms with van der Waals surface area (Å²) < 4.78 is 12.2. The average Bonchev–Trinajstić information content (AvgIpc) is 2.61. The van der Waals surface area contributed by atoms with Crippen LogP contribution in [-0.4, -0.2) is 31.5 Å². The van der Waals surface area contributed by atoms with Crippen LogP contribution in [0.3, 0.4) is 0 Å². The number of aliphatic hydroxyl groups is 1. The highest BCUT2D eigenvalue weighted by Crippen LogP contribution is 2.39. The normalized spacial score (nSPS) is 16.2. The Bertz CT molecular complexity index is 411. The number of benzene rings is 1. The van der Waals surface area contributed by atoms with Gasteiger partial charge >= 0.3 is 0 Å². The first kappa shape index (κ1) is 13.6. The summed E-state index contributed by atoms with van der Waals surface area (Å²) >= 11 is 3.50. The van der Waals surface area contributed by atoms with Crippen molar-refractivity contribution in [2.75, 3.05) is 26.4 Å². The van der Waals surface area contributed by atoms with E-state index < -0.39 is 0 Å².